The SMILES string of the molecule is Cc1ccc(C)c(OCC(=O)OCC(=O)Nc2ccc3c(c2)OCO3)c1. The van der Waals surface area contributed by atoms with Crippen LogP contribution in [0.25, 0.3) is 0 Å². The number of amides is 1. The molecule has 0 saturated heterocycles. The summed E-state index contributed by atoms with van der Waals surface area (Å²) in [7, 11) is 0. The molecule has 26 heavy (non-hydrogen) atoms. The van der Waals surface area contributed by atoms with Gasteiger partial charge in [0.2, 0.25) is 6.79 Å². The average Bonchev–Trinajstić information content (AvgIpc) is 3.08. The second-order valence-corrected chi connectivity index (χ2v) is 5.83. The first-order valence-corrected chi connectivity index (χ1v) is 8.06. The summed E-state index contributed by atoms with van der Waals surface area (Å²) in [4.78, 5) is 23.6. The first-order valence-electron chi connectivity index (χ1n) is 8.06. The van der Waals surface area contributed by atoms with Crippen LogP contribution in [-0.4, -0.2) is 31.9 Å². The molecular formula is C19H19NO6. The number of esters is 1. The van der Waals surface area contributed by atoms with Gasteiger partial charge in [-0.05, 0) is 43.2 Å². The third-order valence-corrected chi connectivity index (χ3v) is 3.71. The molecule has 7 nitrogen and oxygen atoms in total. The maximum Gasteiger partial charge on any atom is 0.344 e. The van der Waals surface area contributed by atoms with E-state index < -0.39 is 18.5 Å². The number of anilines is 1. The molecule has 2 aromatic rings. The average molecular weight is 357 g/mol. The monoisotopic (exact) mass is 357 g/mol. The van der Waals surface area contributed by atoms with Gasteiger partial charge in [-0.25, -0.2) is 4.79 Å². The minimum atomic E-state index is -0.619. The number of fused-ring (bicyclic) bond motifs is 1. The highest BCUT2D eigenvalue weighted by Gasteiger charge is 2.15. The Balaban J connectivity index is 1.44. The van der Waals surface area contributed by atoms with Gasteiger partial charge in [-0.2, -0.15) is 0 Å². The number of nitrogens with one attached hydrogen (secondary N) is 1. The lowest BCUT2D eigenvalue weighted by Crippen LogP contribution is -2.23. The molecule has 1 heterocycles. The molecule has 0 atom stereocenters. The van der Waals surface area contributed by atoms with Gasteiger partial charge in [-0.15, -0.1) is 0 Å². The van der Waals surface area contributed by atoms with Crippen LogP contribution in [0.4, 0.5) is 5.69 Å². The Morgan fingerprint density at radius 2 is 1.85 bits per heavy atom. The summed E-state index contributed by atoms with van der Waals surface area (Å²) in [5.74, 6) is 0.724. The number of carbonyl (C=O) groups is 2. The highest BCUT2D eigenvalue weighted by molar-refractivity contribution is 5.93. The maximum atomic E-state index is 11.9. The van der Waals surface area contributed by atoms with Crippen molar-refractivity contribution in [1.82, 2.24) is 0 Å². The van der Waals surface area contributed by atoms with Crippen molar-refractivity contribution < 1.29 is 28.5 Å². The van der Waals surface area contributed by atoms with Crippen molar-refractivity contribution in [1.29, 1.82) is 0 Å². The molecule has 1 aliphatic heterocycles. The van der Waals surface area contributed by atoms with Crippen molar-refractivity contribution in [2.75, 3.05) is 25.3 Å². The van der Waals surface area contributed by atoms with E-state index in [2.05, 4.69) is 5.32 Å². The smallest absolute Gasteiger partial charge is 0.344 e. The number of rotatable bonds is 6. The van der Waals surface area contributed by atoms with Gasteiger partial charge in [0.15, 0.2) is 24.7 Å². The van der Waals surface area contributed by atoms with Crippen LogP contribution in [0.1, 0.15) is 11.1 Å². The molecule has 2 aromatic carbocycles. The number of benzene rings is 2. The van der Waals surface area contributed by atoms with Crippen molar-refractivity contribution in [3.05, 3.63) is 47.5 Å². The van der Waals surface area contributed by atoms with E-state index in [0.29, 0.717) is 22.9 Å². The fraction of sp³-hybridized carbons (Fsp3) is 0.263. The predicted octanol–water partition coefficient (Wildman–Crippen LogP) is 2.59. The Morgan fingerprint density at radius 3 is 2.69 bits per heavy atom. The van der Waals surface area contributed by atoms with E-state index in [0.717, 1.165) is 11.1 Å². The number of ether oxygens (including phenoxy) is 4. The van der Waals surface area contributed by atoms with Gasteiger partial charge in [0.1, 0.15) is 5.75 Å². The molecule has 0 aliphatic carbocycles. The molecule has 0 fully saturated rings. The van der Waals surface area contributed by atoms with E-state index in [9.17, 15) is 9.59 Å². The van der Waals surface area contributed by atoms with Gasteiger partial charge in [0.25, 0.3) is 5.91 Å². The van der Waals surface area contributed by atoms with E-state index in [1.807, 2.05) is 32.0 Å². The van der Waals surface area contributed by atoms with Crippen molar-refractivity contribution >= 4 is 17.6 Å². The fourth-order valence-corrected chi connectivity index (χ4v) is 2.36. The van der Waals surface area contributed by atoms with E-state index >= 15 is 0 Å². The highest BCUT2D eigenvalue weighted by Crippen LogP contribution is 2.34. The Kier molecular flexibility index (Phi) is 5.26. The highest BCUT2D eigenvalue weighted by atomic mass is 16.7. The molecule has 1 N–H and O–H groups in total. The topological polar surface area (TPSA) is 83.1 Å². The zero-order chi connectivity index (χ0) is 18.5. The number of carbonyl (C=O) groups excluding carboxylic acids is 2. The molecule has 0 unspecified atom stereocenters. The Morgan fingerprint density at radius 1 is 1.04 bits per heavy atom. The third-order valence-electron chi connectivity index (χ3n) is 3.71. The lowest BCUT2D eigenvalue weighted by molar-refractivity contribution is -0.149. The standard InChI is InChI=1S/C19H19NO6/c1-12-3-4-13(2)16(7-12)23-10-19(22)24-9-18(21)20-14-5-6-15-17(8-14)26-11-25-15/h3-8H,9-11H2,1-2H3,(H,20,21). The molecule has 136 valence electrons. The molecule has 0 saturated carbocycles. The van der Waals surface area contributed by atoms with E-state index in [1.165, 1.54) is 0 Å². The first-order chi connectivity index (χ1) is 12.5. The molecule has 0 radical (unpaired) electrons. The molecule has 7 heteroatoms. The maximum absolute atomic E-state index is 11.9. The second kappa shape index (κ2) is 7.77. The molecule has 1 aliphatic rings. The van der Waals surface area contributed by atoms with Crippen LogP contribution in [0.3, 0.4) is 0 Å². The third kappa shape index (κ3) is 4.44. The van der Waals surface area contributed by atoms with Crippen LogP contribution in [0, 0.1) is 13.8 Å². The predicted molar refractivity (Wildman–Crippen MR) is 93.6 cm³/mol. The normalized spacial score (nSPS) is 11.8. The summed E-state index contributed by atoms with van der Waals surface area (Å²) < 4.78 is 20.8. The Bertz CT molecular complexity index is 833. The summed E-state index contributed by atoms with van der Waals surface area (Å²) in [5.41, 5.74) is 2.48. The molecular weight excluding hydrogens is 338 g/mol. The number of hydrogen-bond donors (Lipinski definition) is 1. The number of hydrogen-bond acceptors (Lipinski definition) is 6. The minimum absolute atomic E-state index is 0.157. The van der Waals surface area contributed by atoms with Gasteiger partial charge in [0.05, 0.1) is 0 Å². The van der Waals surface area contributed by atoms with Gasteiger partial charge in [0, 0.05) is 11.8 Å². The van der Waals surface area contributed by atoms with Gasteiger partial charge in [-0.3, -0.25) is 4.79 Å². The lowest BCUT2D eigenvalue weighted by atomic mass is 10.1. The van der Waals surface area contributed by atoms with Crippen LogP contribution in [0.5, 0.6) is 17.2 Å². The van der Waals surface area contributed by atoms with Crippen LogP contribution >= 0.6 is 0 Å². The van der Waals surface area contributed by atoms with E-state index in [1.54, 1.807) is 18.2 Å². The van der Waals surface area contributed by atoms with Crippen molar-refractivity contribution in [2.45, 2.75) is 13.8 Å². The van der Waals surface area contributed by atoms with Crippen LogP contribution in [0.2, 0.25) is 0 Å². The van der Waals surface area contributed by atoms with Crippen molar-refractivity contribution in [3.63, 3.8) is 0 Å². The van der Waals surface area contributed by atoms with E-state index in [4.69, 9.17) is 18.9 Å². The second-order valence-electron chi connectivity index (χ2n) is 5.83. The van der Waals surface area contributed by atoms with Gasteiger partial charge in [-0.1, -0.05) is 12.1 Å². The number of aryl methyl sites for hydroxylation is 2. The molecule has 1 amide bonds. The van der Waals surface area contributed by atoms with Crippen molar-refractivity contribution in [2.24, 2.45) is 0 Å². The largest absolute Gasteiger partial charge is 0.482 e. The quantitative estimate of drug-likeness (QED) is 0.800. The molecule has 3 rings (SSSR count). The first kappa shape index (κ1) is 17.6. The summed E-state index contributed by atoms with van der Waals surface area (Å²) in [5, 5.41) is 2.62. The summed E-state index contributed by atoms with van der Waals surface area (Å²) in [6.07, 6.45) is 0. The van der Waals surface area contributed by atoms with Gasteiger partial charge < -0.3 is 24.3 Å². The van der Waals surface area contributed by atoms with Gasteiger partial charge >= 0.3 is 5.97 Å². The molecule has 0 spiro atoms. The fourth-order valence-electron chi connectivity index (χ4n) is 2.36. The zero-order valence-electron chi connectivity index (χ0n) is 14.5. The summed E-state index contributed by atoms with van der Waals surface area (Å²) in [6.45, 7) is 3.32. The summed E-state index contributed by atoms with van der Waals surface area (Å²) in [6, 6.07) is 10.7. The van der Waals surface area contributed by atoms with Crippen molar-refractivity contribution in [3.8, 4) is 17.2 Å². The molecule has 0 aromatic heterocycles. The lowest BCUT2D eigenvalue weighted by Gasteiger charge is -2.10. The Hall–Kier alpha value is -3.22. The Labute approximate surface area is 150 Å². The molecule has 0 bridgehead atoms. The van der Waals surface area contributed by atoms with Crippen LogP contribution < -0.4 is 19.5 Å². The summed E-state index contributed by atoms with van der Waals surface area (Å²) >= 11 is 0. The van der Waals surface area contributed by atoms with E-state index in [-0.39, 0.29) is 13.4 Å². The zero-order valence-corrected chi connectivity index (χ0v) is 14.5. The minimum Gasteiger partial charge on any atom is -0.482 e. The van der Waals surface area contributed by atoms with Crippen LogP contribution in [-0.2, 0) is 14.3 Å². The van der Waals surface area contributed by atoms with Crippen LogP contribution in [0.15, 0.2) is 36.4 Å².